The van der Waals surface area contributed by atoms with Crippen LogP contribution in [0.1, 0.15) is 0 Å². The molecular formula is C41H25N3. The second-order valence-electron chi connectivity index (χ2n) is 11.3. The van der Waals surface area contributed by atoms with E-state index in [1.807, 2.05) is 24.3 Å². The normalized spacial score (nSPS) is 11.6. The van der Waals surface area contributed by atoms with Gasteiger partial charge in [0.1, 0.15) is 0 Å². The first kappa shape index (κ1) is 24.6. The van der Waals surface area contributed by atoms with E-state index >= 15 is 0 Å². The molecule has 0 radical (unpaired) electrons. The largest absolute Gasteiger partial charge is 0.255 e. The van der Waals surface area contributed by atoms with Gasteiger partial charge in [0.2, 0.25) is 0 Å². The Labute approximate surface area is 254 Å². The highest BCUT2D eigenvalue weighted by Crippen LogP contribution is 2.37. The van der Waals surface area contributed by atoms with Crippen LogP contribution in [0.4, 0.5) is 0 Å². The van der Waals surface area contributed by atoms with Crippen molar-refractivity contribution in [2.45, 2.75) is 0 Å². The molecule has 0 aliphatic heterocycles. The molecule has 3 heteroatoms. The van der Waals surface area contributed by atoms with Gasteiger partial charge in [-0.15, -0.1) is 0 Å². The third-order valence-corrected chi connectivity index (χ3v) is 8.68. The minimum absolute atomic E-state index is 0.880. The molecule has 0 saturated carbocycles. The summed E-state index contributed by atoms with van der Waals surface area (Å²) in [5, 5.41) is 9.88. The van der Waals surface area contributed by atoms with Crippen LogP contribution >= 0.6 is 0 Å². The molecule has 0 atom stereocenters. The van der Waals surface area contributed by atoms with Gasteiger partial charge in [0.25, 0.3) is 0 Å². The average Bonchev–Trinajstić information content (AvgIpc) is 3.11. The summed E-state index contributed by atoms with van der Waals surface area (Å²) in [6.45, 7) is 0. The second-order valence-corrected chi connectivity index (χ2v) is 11.3. The molecule has 3 heterocycles. The average molecular weight is 560 g/mol. The maximum absolute atomic E-state index is 5.10. The summed E-state index contributed by atoms with van der Waals surface area (Å²) in [5.41, 5.74) is 8.12. The van der Waals surface area contributed by atoms with Crippen molar-refractivity contribution in [1.82, 2.24) is 15.0 Å². The third-order valence-electron chi connectivity index (χ3n) is 8.68. The number of rotatable bonds is 3. The molecule has 0 spiro atoms. The van der Waals surface area contributed by atoms with Crippen LogP contribution in [-0.2, 0) is 0 Å². The first-order valence-corrected chi connectivity index (χ1v) is 14.9. The molecular weight excluding hydrogens is 534 g/mol. The Morgan fingerprint density at radius 1 is 0.318 bits per heavy atom. The minimum atomic E-state index is 0.880. The predicted octanol–water partition coefficient (Wildman–Crippen LogP) is 10.6. The topological polar surface area (TPSA) is 38.7 Å². The van der Waals surface area contributed by atoms with Crippen LogP contribution in [0, 0.1) is 0 Å². The molecule has 0 amide bonds. The van der Waals surface area contributed by atoms with Crippen molar-refractivity contribution >= 4 is 54.1 Å². The quantitative estimate of drug-likeness (QED) is 0.202. The van der Waals surface area contributed by atoms with E-state index in [1.165, 1.54) is 32.3 Å². The monoisotopic (exact) mass is 559 g/mol. The van der Waals surface area contributed by atoms with Crippen molar-refractivity contribution in [1.29, 1.82) is 0 Å². The Balaban J connectivity index is 1.09. The molecule has 3 aromatic heterocycles. The summed E-state index contributed by atoms with van der Waals surface area (Å²) in [6.07, 6.45) is 1.80. The Hall–Kier alpha value is -5.93. The molecule has 0 N–H and O–H groups in total. The zero-order chi connectivity index (χ0) is 29.0. The molecule has 0 fully saturated rings. The molecule has 0 aliphatic rings. The van der Waals surface area contributed by atoms with E-state index in [1.54, 1.807) is 6.20 Å². The Morgan fingerprint density at radius 3 is 1.45 bits per heavy atom. The Bertz CT molecular complexity index is 2520. The van der Waals surface area contributed by atoms with Crippen LogP contribution in [0.3, 0.4) is 0 Å². The second kappa shape index (κ2) is 9.82. The Morgan fingerprint density at radius 2 is 0.841 bits per heavy atom. The van der Waals surface area contributed by atoms with E-state index in [0.717, 1.165) is 55.6 Å². The van der Waals surface area contributed by atoms with E-state index in [-0.39, 0.29) is 0 Å². The number of hydrogen-bond donors (Lipinski definition) is 0. The van der Waals surface area contributed by atoms with Crippen LogP contribution < -0.4 is 0 Å². The number of benzene rings is 6. The van der Waals surface area contributed by atoms with Crippen molar-refractivity contribution in [2.24, 2.45) is 0 Å². The number of fused-ring (bicyclic) bond motifs is 8. The van der Waals surface area contributed by atoms with E-state index < -0.39 is 0 Å². The molecule has 0 unspecified atom stereocenters. The maximum atomic E-state index is 5.10. The molecule has 3 nitrogen and oxygen atoms in total. The van der Waals surface area contributed by atoms with E-state index in [0.29, 0.717) is 0 Å². The molecule has 9 rings (SSSR count). The summed E-state index contributed by atoms with van der Waals surface area (Å²) < 4.78 is 0. The van der Waals surface area contributed by atoms with Crippen LogP contribution in [0.15, 0.2) is 152 Å². The first-order valence-electron chi connectivity index (χ1n) is 14.9. The van der Waals surface area contributed by atoms with Crippen molar-refractivity contribution in [3.05, 3.63) is 152 Å². The SMILES string of the molecule is c1ccc(-c2ccc3cc(-c4ccc5nc(-c6ccc7c8ccccc8c8ccccc8c7c6)ccc5c4)ccc3n2)nc1. The lowest BCUT2D eigenvalue weighted by Gasteiger charge is -2.12. The highest BCUT2D eigenvalue weighted by atomic mass is 14.8. The summed E-state index contributed by atoms with van der Waals surface area (Å²) in [5.74, 6) is 0. The van der Waals surface area contributed by atoms with Crippen LogP contribution in [0.2, 0.25) is 0 Å². The molecule has 204 valence electrons. The molecule has 0 bridgehead atoms. The third kappa shape index (κ3) is 4.02. The van der Waals surface area contributed by atoms with Gasteiger partial charge in [0.05, 0.1) is 28.1 Å². The van der Waals surface area contributed by atoms with Crippen LogP contribution in [0.25, 0.3) is 87.9 Å². The zero-order valence-electron chi connectivity index (χ0n) is 23.8. The molecule has 0 saturated heterocycles. The van der Waals surface area contributed by atoms with Crippen LogP contribution in [-0.4, -0.2) is 15.0 Å². The van der Waals surface area contributed by atoms with Gasteiger partial charge in [0, 0.05) is 22.5 Å². The minimum Gasteiger partial charge on any atom is -0.255 e. The molecule has 44 heavy (non-hydrogen) atoms. The van der Waals surface area contributed by atoms with E-state index in [9.17, 15) is 0 Å². The Kier molecular flexibility index (Phi) is 5.50. The summed E-state index contributed by atoms with van der Waals surface area (Å²) in [7, 11) is 0. The molecule has 6 aromatic carbocycles. The number of hydrogen-bond acceptors (Lipinski definition) is 3. The lowest BCUT2D eigenvalue weighted by atomic mass is 9.93. The smallest absolute Gasteiger partial charge is 0.0893 e. The lowest BCUT2D eigenvalue weighted by Crippen LogP contribution is -1.89. The molecule has 9 aromatic rings. The fourth-order valence-corrected chi connectivity index (χ4v) is 6.49. The zero-order valence-corrected chi connectivity index (χ0v) is 23.8. The molecule has 0 aliphatic carbocycles. The van der Waals surface area contributed by atoms with Gasteiger partial charge >= 0.3 is 0 Å². The first-order chi connectivity index (χ1) is 21.8. The summed E-state index contributed by atoms with van der Waals surface area (Å²) >= 11 is 0. The van der Waals surface area contributed by atoms with Gasteiger partial charge in [-0.05, 0) is 98.0 Å². The fourth-order valence-electron chi connectivity index (χ4n) is 6.49. The van der Waals surface area contributed by atoms with Crippen molar-refractivity contribution in [3.63, 3.8) is 0 Å². The highest BCUT2D eigenvalue weighted by Gasteiger charge is 2.11. The van der Waals surface area contributed by atoms with Gasteiger partial charge < -0.3 is 0 Å². The maximum Gasteiger partial charge on any atom is 0.0893 e. The van der Waals surface area contributed by atoms with E-state index in [4.69, 9.17) is 9.97 Å². The highest BCUT2D eigenvalue weighted by molar-refractivity contribution is 6.25. The van der Waals surface area contributed by atoms with Crippen molar-refractivity contribution < 1.29 is 0 Å². The number of pyridine rings is 3. The summed E-state index contributed by atoms with van der Waals surface area (Å²) in [6, 6.07) is 51.5. The van der Waals surface area contributed by atoms with Gasteiger partial charge in [-0.3, -0.25) is 4.98 Å². The van der Waals surface area contributed by atoms with Crippen molar-refractivity contribution in [2.75, 3.05) is 0 Å². The van der Waals surface area contributed by atoms with Gasteiger partial charge in [0.15, 0.2) is 0 Å². The summed E-state index contributed by atoms with van der Waals surface area (Å²) in [4.78, 5) is 14.4. The number of nitrogens with zero attached hydrogens (tertiary/aromatic N) is 3. The fraction of sp³-hybridized carbons (Fsp3) is 0. The van der Waals surface area contributed by atoms with Crippen molar-refractivity contribution in [3.8, 4) is 33.8 Å². The van der Waals surface area contributed by atoms with E-state index in [2.05, 4.69) is 126 Å². The lowest BCUT2D eigenvalue weighted by molar-refractivity contribution is 1.28. The van der Waals surface area contributed by atoms with Gasteiger partial charge in [-0.1, -0.05) is 91.0 Å². The predicted molar refractivity (Wildman–Crippen MR) is 184 cm³/mol. The standard InChI is InChI=1S/C41H25N3/c1-2-9-33-31(7-1)32-8-3-4-10-34(32)36-25-30(12-17-35(33)36)39-20-15-28-23-26(13-18-37(28)43-39)27-14-19-38-29(24-27)16-21-41(44-38)40-11-5-6-22-42-40/h1-25H. The number of aromatic nitrogens is 3. The van der Waals surface area contributed by atoms with Gasteiger partial charge in [-0.2, -0.15) is 0 Å². The van der Waals surface area contributed by atoms with Gasteiger partial charge in [-0.25, -0.2) is 9.97 Å². The van der Waals surface area contributed by atoms with Crippen LogP contribution in [0.5, 0.6) is 0 Å².